The van der Waals surface area contributed by atoms with E-state index in [2.05, 4.69) is 4.98 Å². The summed E-state index contributed by atoms with van der Waals surface area (Å²) >= 11 is 0. The Balaban J connectivity index is 2.13. The maximum atomic E-state index is 12.5. The van der Waals surface area contributed by atoms with Crippen LogP contribution < -0.4 is 0 Å². The highest BCUT2D eigenvalue weighted by atomic mass is 16.6. The van der Waals surface area contributed by atoms with Crippen LogP contribution in [0.25, 0.3) is 0 Å². The van der Waals surface area contributed by atoms with Crippen LogP contribution in [0.3, 0.4) is 0 Å². The Kier molecular flexibility index (Phi) is 7.90. The van der Waals surface area contributed by atoms with Crippen LogP contribution >= 0.6 is 0 Å². The van der Waals surface area contributed by atoms with Crippen LogP contribution in [0.4, 0.5) is 0 Å². The summed E-state index contributed by atoms with van der Waals surface area (Å²) in [5.41, 5.74) is 0.976. The summed E-state index contributed by atoms with van der Waals surface area (Å²) in [5, 5.41) is 0. The third-order valence-electron chi connectivity index (χ3n) is 4.66. The van der Waals surface area contributed by atoms with Gasteiger partial charge >= 0.3 is 11.9 Å². The van der Waals surface area contributed by atoms with Gasteiger partial charge < -0.3 is 14.2 Å². The van der Waals surface area contributed by atoms with E-state index in [1.54, 1.807) is 19.3 Å². The summed E-state index contributed by atoms with van der Waals surface area (Å²) in [7, 11) is 0. The van der Waals surface area contributed by atoms with Crippen LogP contribution in [-0.2, 0) is 35.0 Å². The van der Waals surface area contributed by atoms with E-state index < -0.39 is 11.7 Å². The molecular formula is C22H31NO6. The zero-order valence-corrected chi connectivity index (χ0v) is 17.9. The van der Waals surface area contributed by atoms with E-state index in [0.29, 0.717) is 13.0 Å². The number of hydrogen-bond donors (Lipinski definition) is 0. The predicted octanol–water partition coefficient (Wildman–Crippen LogP) is 3.34. The van der Waals surface area contributed by atoms with Crippen LogP contribution in [0, 0.1) is 5.92 Å². The van der Waals surface area contributed by atoms with Crippen molar-refractivity contribution in [3.63, 3.8) is 0 Å². The zero-order valence-electron chi connectivity index (χ0n) is 17.9. The molecule has 1 fully saturated rings. The van der Waals surface area contributed by atoms with Gasteiger partial charge in [-0.2, -0.15) is 0 Å². The molecule has 0 aromatic carbocycles. The van der Waals surface area contributed by atoms with E-state index in [4.69, 9.17) is 14.2 Å². The molecule has 0 N–H and O–H groups in total. The quantitative estimate of drug-likeness (QED) is 0.642. The lowest BCUT2D eigenvalue weighted by molar-refractivity contribution is -0.155. The lowest BCUT2D eigenvalue weighted by Gasteiger charge is -2.34. The van der Waals surface area contributed by atoms with Crippen LogP contribution in [0.2, 0.25) is 0 Å². The molecule has 1 aromatic heterocycles. The average Bonchev–Trinajstić information content (AvgIpc) is 2.62. The van der Waals surface area contributed by atoms with Crippen LogP contribution in [0.15, 0.2) is 18.5 Å². The number of pyridine rings is 1. The molecule has 160 valence electrons. The van der Waals surface area contributed by atoms with Gasteiger partial charge in [-0.1, -0.05) is 6.92 Å². The van der Waals surface area contributed by atoms with Crippen molar-refractivity contribution >= 4 is 17.7 Å². The van der Waals surface area contributed by atoms with Gasteiger partial charge in [0.15, 0.2) is 5.78 Å². The standard InChI is InChI=1S/C22H31NO6/c1-6-27-19(24)8-7-17-21(26)14(2)11-18(28-17)16-9-10-23-13-15(16)12-20(25)29-22(3,4)5/h9-10,13-14,17-18H,6-8,11-12H2,1-5H3/t14-,17-,18?/m1/s1. The SMILES string of the molecule is CCOC(=O)CC[C@H]1OC(c2ccncc2CC(=O)OC(C)(C)C)C[C@@H](C)C1=O. The second kappa shape index (κ2) is 9.96. The molecule has 0 amide bonds. The van der Waals surface area contributed by atoms with Crippen LogP contribution in [0.1, 0.15) is 71.1 Å². The van der Waals surface area contributed by atoms with Gasteiger partial charge in [0.2, 0.25) is 0 Å². The molecule has 1 aliphatic rings. The highest BCUT2D eigenvalue weighted by Gasteiger charge is 2.36. The third kappa shape index (κ3) is 6.92. The Bertz CT molecular complexity index is 739. The van der Waals surface area contributed by atoms with Gasteiger partial charge in [0.05, 0.1) is 19.1 Å². The molecule has 1 unspecified atom stereocenters. The summed E-state index contributed by atoms with van der Waals surface area (Å²) in [6.07, 6.45) is 3.26. The molecule has 7 nitrogen and oxygen atoms in total. The van der Waals surface area contributed by atoms with Crippen molar-refractivity contribution in [2.45, 2.75) is 78.1 Å². The number of carbonyl (C=O) groups is 3. The van der Waals surface area contributed by atoms with Gasteiger partial charge in [-0.05, 0) is 57.7 Å². The first-order chi connectivity index (χ1) is 13.6. The molecule has 0 aliphatic carbocycles. The highest BCUT2D eigenvalue weighted by Crippen LogP contribution is 2.36. The first-order valence-corrected chi connectivity index (χ1v) is 10.1. The Morgan fingerprint density at radius 3 is 2.66 bits per heavy atom. The van der Waals surface area contributed by atoms with Crippen molar-refractivity contribution in [2.75, 3.05) is 6.61 Å². The summed E-state index contributed by atoms with van der Waals surface area (Å²) in [5.74, 6) is -0.893. The van der Waals surface area contributed by atoms with E-state index in [1.807, 2.05) is 33.8 Å². The number of Topliss-reactive ketones (excluding diaryl/α,β-unsaturated/α-hetero) is 1. The molecule has 3 atom stereocenters. The fourth-order valence-electron chi connectivity index (χ4n) is 3.40. The van der Waals surface area contributed by atoms with Gasteiger partial charge in [-0.15, -0.1) is 0 Å². The number of ketones is 1. The van der Waals surface area contributed by atoms with Gasteiger partial charge in [0.1, 0.15) is 11.7 Å². The molecule has 0 spiro atoms. The first-order valence-electron chi connectivity index (χ1n) is 10.1. The fraction of sp³-hybridized carbons (Fsp3) is 0.636. The van der Waals surface area contributed by atoms with E-state index >= 15 is 0 Å². The number of esters is 2. The van der Waals surface area contributed by atoms with E-state index in [9.17, 15) is 14.4 Å². The molecule has 1 saturated heterocycles. The van der Waals surface area contributed by atoms with Crippen LogP contribution in [-0.4, -0.2) is 41.0 Å². The molecule has 2 rings (SSSR count). The Morgan fingerprint density at radius 1 is 1.28 bits per heavy atom. The number of rotatable bonds is 7. The molecule has 0 radical (unpaired) electrons. The minimum absolute atomic E-state index is 0.00621. The minimum atomic E-state index is -0.671. The second-order valence-corrected chi connectivity index (χ2v) is 8.33. The second-order valence-electron chi connectivity index (χ2n) is 8.33. The Morgan fingerprint density at radius 2 is 2.00 bits per heavy atom. The van der Waals surface area contributed by atoms with Crippen molar-refractivity contribution < 1.29 is 28.6 Å². The molecule has 1 aromatic rings. The molecule has 0 bridgehead atoms. The average molecular weight is 405 g/mol. The topological polar surface area (TPSA) is 91.8 Å². The maximum Gasteiger partial charge on any atom is 0.310 e. The number of nitrogens with zero attached hydrogens (tertiary/aromatic N) is 1. The van der Waals surface area contributed by atoms with E-state index in [-0.39, 0.29) is 49.0 Å². The van der Waals surface area contributed by atoms with Crippen molar-refractivity contribution in [1.29, 1.82) is 0 Å². The minimum Gasteiger partial charge on any atom is -0.466 e. The molecule has 2 heterocycles. The highest BCUT2D eigenvalue weighted by molar-refractivity contribution is 5.86. The summed E-state index contributed by atoms with van der Waals surface area (Å²) < 4.78 is 16.4. The van der Waals surface area contributed by atoms with Gasteiger partial charge in [-0.25, -0.2) is 0 Å². The number of hydrogen-bond acceptors (Lipinski definition) is 7. The zero-order chi connectivity index (χ0) is 21.6. The van der Waals surface area contributed by atoms with Gasteiger partial charge in [0, 0.05) is 24.7 Å². The summed E-state index contributed by atoms with van der Waals surface area (Å²) in [6, 6.07) is 1.81. The molecule has 29 heavy (non-hydrogen) atoms. The largest absolute Gasteiger partial charge is 0.466 e. The Labute approximate surface area is 172 Å². The normalized spacial score (nSPS) is 22.2. The molecule has 0 saturated carbocycles. The first kappa shape index (κ1) is 23.0. The lowest BCUT2D eigenvalue weighted by atomic mass is 9.86. The van der Waals surface area contributed by atoms with E-state index in [0.717, 1.165) is 11.1 Å². The fourth-order valence-corrected chi connectivity index (χ4v) is 3.40. The van der Waals surface area contributed by atoms with E-state index in [1.165, 1.54) is 0 Å². The number of carbonyl (C=O) groups excluding carboxylic acids is 3. The van der Waals surface area contributed by atoms with Crippen molar-refractivity contribution in [1.82, 2.24) is 4.98 Å². The van der Waals surface area contributed by atoms with Crippen molar-refractivity contribution in [3.8, 4) is 0 Å². The Hall–Kier alpha value is -2.28. The maximum absolute atomic E-state index is 12.5. The summed E-state index contributed by atoms with van der Waals surface area (Å²) in [4.78, 5) is 40.6. The number of aromatic nitrogens is 1. The van der Waals surface area contributed by atoms with Crippen LogP contribution in [0.5, 0.6) is 0 Å². The van der Waals surface area contributed by atoms with Crippen molar-refractivity contribution in [2.24, 2.45) is 5.92 Å². The third-order valence-corrected chi connectivity index (χ3v) is 4.66. The molecule has 7 heteroatoms. The smallest absolute Gasteiger partial charge is 0.310 e. The van der Waals surface area contributed by atoms with Gasteiger partial charge in [0.25, 0.3) is 0 Å². The molecule has 1 aliphatic heterocycles. The lowest BCUT2D eigenvalue weighted by Crippen LogP contribution is -2.38. The monoisotopic (exact) mass is 405 g/mol. The summed E-state index contributed by atoms with van der Waals surface area (Å²) in [6.45, 7) is 9.38. The van der Waals surface area contributed by atoms with Crippen molar-refractivity contribution in [3.05, 3.63) is 29.6 Å². The predicted molar refractivity (Wildman–Crippen MR) is 106 cm³/mol. The number of ether oxygens (including phenoxy) is 3. The molecular weight excluding hydrogens is 374 g/mol. The van der Waals surface area contributed by atoms with Gasteiger partial charge in [-0.3, -0.25) is 19.4 Å².